The van der Waals surface area contributed by atoms with E-state index in [1.807, 2.05) is 0 Å². The van der Waals surface area contributed by atoms with Crippen LogP contribution in [0.4, 0.5) is 4.39 Å². The van der Waals surface area contributed by atoms with Crippen molar-refractivity contribution in [2.45, 2.75) is 19.1 Å². The number of nitrogens with two attached hydrogens (primary N) is 1. The first-order chi connectivity index (χ1) is 9.56. The van der Waals surface area contributed by atoms with E-state index in [4.69, 9.17) is 5.73 Å². The Morgan fingerprint density at radius 3 is 2.60 bits per heavy atom. The zero-order chi connectivity index (χ0) is 14.7. The molecule has 2 rings (SSSR count). The van der Waals surface area contributed by atoms with Gasteiger partial charge in [-0.15, -0.1) is 0 Å². The van der Waals surface area contributed by atoms with Gasteiger partial charge in [-0.05, 0) is 23.9 Å². The third-order valence-electron chi connectivity index (χ3n) is 3.12. The number of hydrogen-bond donors (Lipinski definition) is 2. The Bertz CT molecular complexity index is 630. The first-order valence-electron chi connectivity index (χ1n) is 6.33. The number of hydrogen-bond acceptors (Lipinski definition) is 4. The molecule has 0 saturated heterocycles. The number of alkyl halides is 1. The zero-order valence-corrected chi connectivity index (χ0v) is 11.0. The summed E-state index contributed by atoms with van der Waals surface area (Å²) in [6.07, 6.45) is -1.94. The average Bonchev–Trinajstić information content (AvgIpc) is 2.47. The molecule has 1 unspecified atom stereocenters. The van der Waals surface area contributed by atoms with Gasteiger partial charge in [0.25, 0.3) is 0 Å². The number of carbonyl (C=O) groups excluding carboxylic acids is 1. The van der Waals surface area contributed by atoms with Crippen LogP contribution >= 0.6 is 0 Å². The van der Waals surface area contributed by atoms with E-state index in [1.165, 1.54) is 12.1 Å². The van der Waals surface area contributed by atoms with E-state index in [0.717, 1.165) is 0 Å². The molecule has 3 N–H and O–H groups in total. The number of phenols is 1. The highest BCUT2D eigenvalue weighted by atomic mass is 19.1. The highest BCUT2D eigenvalue weighted by Crippen LogP contribution is 2.31. The maximum absolute atomic E-state index is 14.0. The van der Waals surface area contributed by atoms with Crippen molar-refractivity contribution in [3.8, 4) is 5.75 Å². The van der Waals surface area contributed by atoms with E-state index in [9.17, 15) is 14.3 Å². The van der Waals surface area contributed by atoms with Crippen LogP contribution in [0.3, 0.4) is 0 Å². The molecule has 0 amide bonds. The van der Waals surface area contributed by atoms with Gasteiger partial charge in [0, 0.05) is 5.39 Å². The summed E-state index contributed by atoms with van der Waals surface area (Å²) < 4.78 is 18.7. The van der Waals surface area contributed by atoms with Gasteiger partial charge in [-0.2, -0.15) is 0 Å². The lowest BCUT2D eigenvalue weighted by Crippen LogP contribution is -2.31. The van der Waals surface area contributed by atoms with E-state index < -0.39 is 18.2 Å². The van der Waals surface area contributed by atoms with Crippen LogP contribution in [0.25, 0.3) is 10.8 Å². The summed E-state index contributed by atoms with van der Waals surface area (Å²) >= 11 is 0. The molecule has 2 aromatic rings. The van der Waals surface area contributed by atoms with Gasteiger partial charge in [0.2, 0.25) is 6.17 Å². The monoisotopic (exact) mass is 277 g/mol. The SMILES string of the molecule is CCOC(=O)C(F)[C@H](N)c1ccc(O)c2ccccc12. The van der Waals surface area contributed by atoms with Gasteiger partial charge in [0.15, 0.2) is 0 Å². The van der Waals surface area contributed by atoms with Crippen molar-refractivity contribution in [3.05, 3.63) is 42.0 Å². The van der Waals surface area contributed by atoms with Crippen LogP contribution in [-0.2, 0) is 9.53 Å². The van der Waals surface area contributed by atoms with Gasteiger partial charge in [0.05, 0.1) is 12.6 Å². The molecular weight excluding hydrogens is 261 g/mol. The highest BCUT2D eigenvalue weighted by molar-refractivity contribution is 5.91. The molecule has 0 spiro atoms. The number of rotatable bonds is 4. The van der Waals surface area contributed by atoms with E-state index in [2.05, 4.69) is 4.74 Å². The van der Waals surface area contributed by atoms with Crippen LogP contribution in [-0.4, -0.2) is 23.9 Å². The second-order valence-electron chi connectivity index (χ2n) is 4.40. The third-order valence-corrected chi connectivity index (χ3v) is 3.12. The average molecular weight is 277 g/mol. The largest absolute Gasteiger partial charge is 0.507 e. The lowest BCUT2D eigenvalue weighted by atomic mass is 9.96. The summed E-state index contributed by atoms with van der Waals surface area (Å²) in [6.45, 7) is 1.70. The number of esters is 1. The number of carbonyl (C=O) groups is 1. The third kappa shape index (κ3) is 2.58. The number of benzene rings is 2. The van der Waals surface area contributed by atoms with Crippen LogP contribution in [0.2, 0.25) is 0 Å². The molecule has 0 aliphatic carbocycles. The normalized spacial score (nSPS) is 13.9. The topological polar surface area (TPSA) is 72.5 Å². The molecule has 0 fully saturated rings. The van der Waals surface area contributed by atoms with Gasteiger partial charge >= 0.3 is 5.97 Å². The van der Waals surface area contributed by atoms with Crippen molar-refractivity contribution >= 4 is 16.7 Å². The molecule has 0 heterocycles. The molecule has 106 valence electrons. The van der Waals surface area contributed by atoms with Gasteiger partial charge in [-0.3, -0.25) is 0 Å². The Hall–Kier alpha value is -2.14. The zero-order valence-electron chi connectivity index (χ0n) is 11.0. The number of aromatic hydroxyl groups is 1. The van der Waals surface area contributed by atoms with Crippen LogP contribution in [0, 0.1) is 0 Å². The van der Waals surface area contributed by atoms with Crippen molar-refractivity contribution in [2.24, 2.45) is 5.73 Å². The summed E-state index contributed by atoms with van der Waals surface area (Å²) in [4.78, 5) is 11.4. The molecule has 5 heteroatoms. The molecule has 0 saturated carbocycles. The van der Waals surface area contributed by atoms with Crippen molar-refractivity contribution < 1.29 is 19.0 Å². The molecule has 2 aromatic carbocycles. The van der Waals surface area contributed by atoms with Crippen molar-refractivity contribution in [3.63, 3.8) is 0 Å². The van der Waals surface area contributed by atoms with Gasteiger partial charge < -0.3 is 15.6 Å². The summed E-state index contributed by atoms with van der Waals surface area (Å²) in [6, 6.07) is 8.77. The Labute approximate surface area is 116 Å². The first kappa shape index (κ1) is 14.3. The van der Waals surface area contributed by atoms with Crippen molar-refractivity contribution in [1.82, 2.24) is 0 Å². The predicted molar refractivity (Wildman–Crippen MR) is 74.1 cm³/mol. The van der Waals surface area contributed by atoms with E-state index in [-0.39, 0.29) is 12.4 Å². The van der Waals surface area contributed by atoms with Crippen LogP contribution in [0.15, 0.2) is 36.4 Å². The number of phenolic OH excluding ortho intramolecular Hbond substituents is 1. The van der Waals surface area contributed by atoms with E-state index >= 15 is 0 Å². The van der Waals surface area contributed by atoms with Crippen LogP contribution in [0.1, 0.15) is 18.5 Å². The second-order valence-corrected chi connectivity index (χ2v) is 4.40. The number of ether oxygens (including phenoxy) is 1. The Morgan fingerprint density at radius 1 is 1.30 bits per heavy atom. The van der Waals surface area contributed by atoms with Gasteiger partial charge in [-0.1, -0.05) is 30.3 Å². The van der Waals surface area contributed by atoms with Gasteiger partial charge in [-0.25, -0.2) is 9.18 Å². The standard InChI is InChI=1S/C15H16FNO3/c1-2-20-15(19)13(16)14(17)11-7-8-12(18)10-6-4-3-5-9(10)11/h3-8,13-14,18H,2,17H2,1H3/t13?,14-/m1/s1. The first-order valence-corrected chi connectivity index (χ1v) is 6.33. The summed E-state index contributed by atoms with van der Waals surface area (Å²) in [5.41, 5.74) is 6.29. The number of fused-ring (bicyclic) bond motifs is 1. The molecule has 0 aliphatic heterocycles. The van der Waals surface area contributed by atoms with Gasteiger partial charge in [0.1, 0.15) is 5.75 Å². The van der Waals surface area contributed by atoms with Crippen molar-refractivity contribution in [2.75, 3.05) is 6.61 Å². The molecule has 0 aliphatic rings. The smallest absolute Gasteiger partial charge is 0.342 e. The lowest BCUT2D eigenvalue weighted by Gasteiger charge is -2.18. The fourth-order valence-electron chi connectivity index (χ4n) is 2.12. The Kier molecular flexibility index (Phi) is 4.20. The summed E-state index contributed by atoms with van der Waals surface area (Å²) in [5, 5.41) is 11.0. The molecular formula is C15H16FNO3. The van der Waals surface area contributed by atoms with Crippen molar-refractivity contribution in [1.29, 1.82) is 0 Å². The Balaban J connectivity index is 2.42. The molecule has 0 aromatic heterocycles. The molecule has 0 bridgehead atoms. The fraction of sp³-hybridized carbons (Fsp3) is 0.267. The summed E-state index contributed by atoms with van der Waals surface area (Å²) in [7, 11) is 0. The quantitative estimate of drug-likeness (QED) is 0.842. The Morgan fingerprint density at radius 2 is 1.95 bits per heavy atom. The van der Waals surface area contributed by atoms with Crippen LogP contribution in [0.5, 0.6) is 5.75 Å². The maximum Gasteiger partial charge on any atom is 0.342 e. The minimum absolute atomic E-state index is 0.0862. The second kappa shape index (κ2) is 5.88. The van der Waals surface area contributed by atoms with Crippen LogP contribution < -0.4 is 5.73 Å². The molecule has 20 heavy (non-hydrogen) atoms. The highest BCUT2D eigenvalue weighted by Gasteiger charge is 2.29. The fourth-order valence-corrected chi connectivity index (χ4v) is 2.12. The molecule has 2 atom stereocenters. The number of halogens is 1. The van der Waals surface area contributed by atoms with E-state index in [1.54, 1.807) is 31.2 Å². The summed E-state index contributed by atoms with van der Waals surface area (Å²) in [5.74, 6) is -0.889. The minimum atomic E-state index is -1.94. The maximum atomic E-state index is 14.0. The molecule has 0 radical (unpaired) electrons. The predicted octanol–water partition coefficient (Wildman–Crippen LogP) is 2.45. The minimum Gasteiger partial charge on any atom is -0.507 e. The molecule has 4 nitrogen and oxygen atoms in total. The van der Waals surface area contributed by atoms with E-state index in [0.29, 0.717) is 16.3 Å². The lowest BCUT2D eigenvalue weighted by molar-refractivity contribution is -0.149.